The highest BCUT2D eigenvalue weighted by atomic mass is 16.5. The molecule has 0 aliphatic carbocycles. The molecule has 0 aliphatic rings. The Morgan fingerprint density at radius 1 is 0.925 bits per heavy atom. The number of anilines is 1. The second kappa shape index (κ2) is 14.8. The molecule has 2 atom stereocenters. The molecule has 11 heteroatoms. The van der Waals surface area contributed by atoms with Gasteiger partial charge in [-0.15, -0.1) is 0 Å². The number of nitrogens with two attached hydrogens (primary N) is 1. The van der Waals surface area contributed by atoms with Crippen LogP contribution in [-0.2, 0) is 20.9 Å². The number of ether oxygens (including phenoxy) is 2. The third-order valence-corrected chi connectivity index (χ3v) is 6.43. The number of methoxy groups -OCH3 is 2. The highest BCUT2D eigenvalue weighted by molar-refractivity contribution is 6.03. The molecule has 0 fully saturated rings. The molecule has 40 heavy (non-hydrogen) atoms. The van der Waals surface area contributed by atoms with Crippen LogP contribution in [0.5, 0.6) is 11.5 Å². The molecule has 11 nitrogen and oxygen atoms in total. The summed E-state index contributed by atoms with van der Waals surface area (Å²) in [6.07, 6.45) is -0.381. The molecule has 0 saturated carbocycles. The number of benzene rings is 2. The first-order chi connectivity index (χ1) is 18.9. The maximum Gasteiger partial charge on any atom is 0.326 e. The number of primary amides is 1. The number of carboxylic acids is 1. The lowest BCUT2D eigenvalue weighted by atomic mass is 10.0. The van der Waals surface area contributed by atoms with Crippen molar-refractivity contribution in [3.05, 3.63) is 53.1 Å². The second-order valence-electron chi connectivity index (χ2n) is 10.1. The number of carbonyl (C=O) groups excluding carboxylic acids is 3. The van der Waals surface area contributed by atoms with E-state index in [1.165, 1.54) is 25.8 Å². The van der Waals surface area contributed by atoms with Crippen LogP contribution in [0.15, 0.2) is 36.4 Å². The van der Waals surface area contributed by atoms with Crippen LogP contribution in [0.4, 0.5) is 5.69 Å². The van der Waals surface area contributed by atoms with Crippen LogP contribution in [0.2, 0.25) is 0 Å². The Labute approximate surface area is 234 Å². The fourth-order valence-corrected chi connectivity index (χ4v) is 3.99. The zero-order valence-corrected chi connectivity index (χ0v) is 23.9. The van der Waals surface area contributed by atoms with Gasteiger partial charge in [0.1, 0.15) is 12.1 Å². The maximum atomic E-state index is 13.5. The Hall–Kier alpha value is -4.28. The fourth-order valence-electron chi connectivity index (χ4n) is 3.99. The second-order valence-corrected chi connectivity index (χ2v) is 10.1. The van der Waals surface area contributed by atoms with Crippen molar-refractivity contribution in [3.8, 4) is 11.5 Å². The van der Waals surface area contributed by atoms with Gasteiger partial charge in [-0.25, -0.2) is 4.79 Å². The first-order valence-electron chi connectivity index (χ1n) is 13.1. The summed E-state index contributed by atoms with van der Waals surface area (Å²) in [6, 6.07) is 8.91. The van der Waals surface area contributed by atoms with Gasteiger partial charge in [-0.1, -0.05) is 52.0 Å². The Kier molecular flexibility index (Phi) is 11.8. The SMILES string of the molecule is COc1cc(NCc2ccc(C(C)C)cc2)c(C(=O)N[C@H](C(=O)N[C@H](CCC(N)=O)C(=O)O)C(C)C)cc1OC. The van der Waals surface area contributed by atoms with Crippen LogP contribution in [0.3, 0.4) is 0 Å². The van der Waals surface area contributed by atoms with Crippen molar-refractivity contribution < 1.29 is 33.8 Å². The quantitative estimate of drug-likeness (QED) is 0.223. The average molecular weight is 557 g/mol. The van der Waals surface area contributed by atoms with E-state index in [9.17, 15) is 24.3 Å². The summed E-state index contributed by atoms with van der Waals surface area (Å²) in [5.41, 5.74) is 8.00. The molecule has 0 spiro atoms. The molecule has 0 aliphatic heterocycles. The van der Waals surface area contributed by atoms with Crippen molar-refractivity contribution >= 4 is 29.4 Å². The lowest BCUT2D eigenvalue weighted by molar-refractivity contribution is -0.142. The predicted octanol–water partition coefficient (Wildman–Crippen LogP) is 3.03. The van der Waals surface area contributed by atoms with Crippen LogP contribution >= 0.6 is 0 Å². The summed E-state index contributed by atoms with van der Waals surface area (Å²) in [6.45, 7) is 8.10. The summed E-state index contributed by atoms with van der Waals surface area (Å²) in [4.78, 5) is 49.3. The molecule has 0 radical (unpaired) electrons. The number of hydrogen-bond acceptors (Lipinski definition) is 7. The summed E-state index contributed by atoms with van der Waals surface area (Å²) >= 11 is 0. The van der Waals surface area contributed by atoms with Crippen molar-refractivity contribution in [3.63, 3.8) is 0 Å². The highest BCUT2D eigenvalue weighted by Crippen LogP contribution is 2.34. The highest BCUT2D eigenvalue weighted by Gasteiger charge is 2.30. The number of carbonyl (C=O) groups is 4. The molecule has 0 heterocycles. The molecule has 0 bridgehead atoms. The Morgan fingerprint density at radius 3 is 2.02 bits per heavy atom. The van der Waals surface area contributed by atoms with Crippen LogP contribution in [-0.4, -0.2) is 55.1 Å². The lowest BCUT2D eigenvalue weighted by Gasteiger charge is -2.25. The van der Waals surface area contributed by atoms with Gasteiger partial charge in [-0.2, -0.15) is 0 Å². The van der Waals surface area contributed by atoms with E-state index in [4.69, 9.17) is 15.2 Å². The minimum absolute atomic E-state index is 0.170. The van der Waals surface area contributed by atoms with E-state index in [0.717, 1.165) is 5.56 Å². The van der Waals surface area contributed by atoms with Crippen LogP contribution in [0.1, 0.15) is 67.9 Å². The van der Waals surface area contributed by atoms with Gasteiger partial charge in [0.15, 0.2) is 11.5 Å². The number of nitrogens with one attached hydrogen (secondary N) is 3. The minimum Gasteiger partial charge on any atom is -0.493 e. The zero-order chi connectivity index (χ0) is 30.0. The van der Waals surface area contributed by atoms with Gasteiger partial charge in [-0.05, 0) is 35.4 Å². The van der Waals surface area contributed by atoms with E-state index in [1.54, 1.807) is 19.9 Å². The number of rotatable bonds is 15. The van der Waals surface area contributed by atoms with E-state index in [0.29, 0.717) is 29.6 Å². The minimum atomic E-state index is -1.33. The van der Waals surface area contributed by atoms with E-state index < -0.39 is 35.8 Å². The zero-order valence-electron chi connectivity index (χ0n) is 23.9. The molecular weight excluding hydrogens is 516 g/mol. The van der Waals surface area contributed by atoms with E-state index in [2.05, 4.69) is 41.9 Å². The molecule has 0 unspecified atom stereocenters. The average Bonchev–Trinajstić information content (AvgIpc) is 2.91. The summed E-state index contributed by atoms with van der Waals surface area (Å²) in [7, 11) is 2.94. The largest absolute Gasteiger partial charge is 0.493 e. The fraction of sp³-hybridized carbons (Fsp3) is 0.448. The molecule has 2 aromatic rings. The van der Waals surface area contributed by atoms with E-state index in [1.807, 2.05) is 12.1 Å². The monoisotopic (exact) mass is 556 g/mol. The van der Waals surface area contributed by atoms with Gasteiger partial charge in [0.2, 0.25) is 11.8 Å². The number of hydrogen-bond donors (Lipinski definition) is 5. The number of amides is 3. The van der Waals surface area contributed by atoms with Crippen molar-refractivity contribution in [1.82, 2.24) is 10.6 Å². The van der Waals surface area contributed by atoms with Gasteiger partial charge in [0, 0.05) is 19.0 Å². The molecule has 2 aromatic carbocycles. The van der Waals surface area contributed by atoms with Gasteiger partial charge in [0.25, 0.3) is 5.91 Å². The topological polar surface area (TPSA) is 169 Å². The molecule has 2 rings (SSSR count). The molecule has 0 saturated heterocycles. The lowest BCUT2D eigenvalue weighted by Crippen LogP contribution is -2.53. The number of carboxylic acid groups (broad SMARTS) is 1. The van der Waals surface area contributed by atoms with Gasteiger partial charge in [0.05, 0.1) is 25.5 Å². The predicted molar refractivity (Wildman–Crippen MR) is 151 cm³/mol. The van der Waals surface area contributed by atoms with Crippen molar-refractivity contribution in [1.29, 1.82) is 0 Å². The van der Waals surface area contributed by atoms with Gasteiger partial charge < -0.3 is 36.3 Å². The summed E-state index contributed by atoms with van der Waals surface area (Å²) < 4.78 is 10.8. The third-order valence-electron chi connectivity index (χ3n) is 6.43. The van der Waals surface area contributed by atoms with Crippen molar-refractivity contribution in [2.75, 3.05) is 19.5 Å². The van der Waals surface area contributed by atoms with Crippen molar-refractivity contribution in [2.45, 2.75) is 65.1 Å². The molecular formula is C29H40N4O7. The number of aliphatic carboxylic acids is 1. The third kappa shape index (κ3) is 8.89. The molecule has 0 aromatic heterocycles. The molecule has 6 N–H and O–H groups in total. The van der Waals surface area contributed by atoms with Crippen LogP contribution in [0, 0.1) is 5.92 Å². The first-order valence-corrected chi connectivity index (χ1v) is 13.1. The smallest absolute Gasteiger partial charge is 0.326 e. The molecule has 218 valence electrons. The first kappa shape index (κ1) is 31.9. The van der Waals surface area contributed by atoms with Crippen LogP contribution < -0.4 is 31.2 Å². The van der Waals surface area contributed by atoms with Gasteiger partial charge in [-0.3, -0.25) is 14.4 Å². The normalized spacial score (nSPS) is 12.4. The van der Waals surface area contributed by atoms with E-state index in [-0.39, 0.29) is 24.3 Å². The van der Waals surface area contributed by atoms with Crippen molar-refractivity contribution in [2.24, 2.45) is 11.7 Å². The Bertz CT molecular complexity index is 1200. The Balaban J connectivity index is 2.31. The summed E-state index contributed by atoms with van der Waals surface area (Å²) in [5.74, 6) is -2.50. The molecule has 3 amide bonds. The van der Waals surface area contributed by atoms with Crippen LogP contribution in [0.25, 0.3) is 0 Å². The maximum absolute atomic E-state index is 13.5. The van der Waals surface area contributed by atoms with E-state index >= 15 is 0 Å². The standard InChI is InChI=1S/C29H40N4O7/c1-16(2)19-9-7-18(8-10-19)15-31-22-14-24(40-6)23(39-5)13-20(22)27(35)33-26(17(3)4)28(36)32-21(29(37)38)11-12-25(30)34/h7-10,13-14,16-17,21,26,31H,11-12,15H2,1-6H3,(H2,30,34)(H,32,36)(H,33,35)(H,37,38)/t21-,26+/m1/s1. The van der Waals surface area contributed by atoms with Gasteiger partial charge >= 0.3 is 5.97 Å². The Morgan fingerprint density at radius 2 is 1.52 bits per heavy atom. The summed E-state index contributed by atoms with van der Waals surface area (Å²) in [5, 5.41) is 17.9.